The Morgan fingerprint density at radius 3 is 2.45 bits per heavy atom. The average Bonchev–Trinajstić information content (AvgIpc) is 2.48. The van der Waals surface area contributed by atoms with E-state index in [-0.39, 0.29) is 0 Å². The van der Waals surface area contributed by atoms with Crippen LogP contribution >= 0.6 is 11.6 Å². The Balaban J connectivity index is 1.55. The first kappa shape index (κ1) is 14.2. The lowest BCUT2D eigenvalue weighted by Crippen LogP contribution is -3.18. The van der Waals surface area contributed by atoms with Crippen LogP contribution in [0.4, 0.5) is 5.69 Å². The molecule has 1 N–H and O–H groups in total. The van der Waals surface area contributed by atoms with Gasteiger partial charge in [-0.2, -0.15) is 0 Å². The summed E-state index contributed by atoms with van der Waals surface area (Å²) in [4.78, 5) is 4.35. The molecule has 1 aromatic carbocycles. The average molecular weight is 294 g/mol. The molecule has 0 aromatic heterocycles. The van der Waals surface area contributed by atoms with E-state index in [1.54, 1.807) is 0 Å². The van der Waals surface area contributed by atoms with Gasteiger partial charge in [-0.1, -0.05) is 24.9 Å². The van der Waals surface area contributed by atoms with Gasteiger partial charge in [-0.25, -0.2) is 0 Å². The summed E-state index contributed by atoms with van der Waals surface area (Å²) in [6, 6.07) is 9.22. The van der Waals surface area contributed by atoms with Crippen LogP contribution in [0.15, 0.2) is 24.3 Å². The number of quaternary nitrogens is 1. The molecule has 3 rings (SSSR count). The van der Waals surface area contributed by atoms with Crippen molar-refractivity contribution in [3.05, 3.63) is 29.3 Å². The van der Waals surface area contributed by atoms with Crippen LogP contribution < -0.4 is 9.80 Å². The smallest absolute Gasteiger partial charge is 0.0951 e. The second kappa shape index (κ2) is 6.36. The topological polar surface area (TPSA) is 7.68 Å². The largest absolute Gasteiger partial charge is 0.360 e. The van der Waals surface area contributed by atoms with Crippen molar-refractivity contribution in [1.82, 2.24) is 0 Å². The molecule has 2 fully saturated rings. The molecule has 2 atom stereocenters. The summed E-state index contributed by atoms with van der Waals surface area (Å²) in [6.45, 7) is 7.37. The highest BCUT2D eigenvalue weighted by molar-refractivity contribution is 6.30. The fourth-order valence-electron chi connectivity index (χ4n) is 3.92. The number of hydrogen-bond donors (Lipinski definition) is 1. The van der Waals surface area contributed by atoms with Crippen molar-refractivity contribution in [3.63, 3.8) is 0 Å². The van der Waals surface area contributed by atoms with E-state index in [1.165, 1.54) is 57.5 Å². The van der Waals surface area contributed by atoms with Gasteiger partial charge in [0.25, 0.3) is 0 Å². The maximum atomic E-state index is 5.97. The molecule has 0 radical (unpaired) electrons. The lowest BCUT2D eigenvalue weighted by molar-refractivity contribution is -0.927. The molecule has 1 saturated heterocycles. The minimum atomic E-state index is 0.828. The number of anilines is 1. The van der Waals surface area contributed by atoms with Crippen molar-refractivity contribution in [2.75, 3.05) is 31.1 Å². The predicted octanol–water partition coefficient (Wildman–Crippen LogP) is 2.62. The molecule has 2 aliphatic rings. The van der Waals surface area contributed by atoms with E-state index in [0.717, 1.165) is 17.0 Å². The molecule has 1 aromatic rings. The van der Waals surface area contributed by atoms with Crippen LogP contribution in [-0.2, 0) is 0 Å². The molecule has 0 unspecified atom stereocenters. The first-order valence-corrected chi connectivity index (χ1v) is 8.45. The van der Waals surface area contributed by atoms with Crippen molar-refractivity contribution in [1.29, 1.82) is 0 Å². The molecule has 20 heavy (non-hydrogen) atoms. The first-order valence-electron chi connectivity index (χ1n) is 8.07. The zero-order valence-electron chi connectivity index (χ0n) is 12.4. The Bertz CT molecular complexity index is 423. The van der Waals surface area contributed by atoms with Crippen LogP contribution in [0.5, 0.6) is 0 Å². The molecule has 1 aliphatic heterocycles. The lowest BCUT2D eigenvalue weighted by Gasteiger charge is -2.40. The van der Waals surface area contributed by atoms with Gasteiger partial charge in [-0.15, -0.1) is 0 Å². The van der Waals surface area contributed by atoms with Crippen molar-refractivity contribution >= 4 is 17.3 Å². The second-order valence-corrected chi connectivity index (χ2v) is 7.03. The number of nitrogens with zero attached hydrogens (tertiary/aromatic N) is 1. The van der Waals surface area contributed by atoms with E-state index in [1.807, 2.05) is 17.0 Å². The monoisotopic (exact) mass is 293 g/mol. The Hall–Kier alpha value is -0.730. The van der Waals surface area contributed by atoms with Crippen molar-refractivity contribution in [3.8, 4) is 0 Å². The Labute approximate surface area is 127 Å². The molecule has 1 saturated carbocycles. The van der Waals surface area contributed by atoms with Crippen LogP contribution in [0.25, 0.3) is 0 Å². The molecule has 0 bridgehead atoms. The number of halogens is 1. The first-order chi connectivity index (χ1) is 9.72. The predicted molar refractivity (Wildman–Crippen MR) is 85.8 cm³/mol. The van der Waals surface area contributed by atoms with E-state index in [4.69, 9.17) is 11.6 Å². The van der Waals surface area contributed by atoms with Crippen LogP contribution in [0, 0.1) is 5.92 Å². The number of benzene rings is 1. The summed E-state index contributed by atoms with van der Waals surface area (Å²) < 4.78 is 0. The van der Waals surface area contributed by atoms with Gasteiger partial charge >= 0.3 is 0 Å². The van der Waals surface area contributed by atoms with E-state index >= 15 is 0 Å². The molecule has 3 heteroatoms. The number of rotatable bonds is 2. The molecular formula is C17H26ClN2+. The molecule has 1 aliphatic carbocycles. The Morgan fingerprint density at radius 2 is 1.80 bits per heavy atom. The standard InChI is InChI=1S/C17H25ClN2/c1-14-3-2-4-17(13-14)20-11-9-19(10-12-20)16-7-5-15(18)6-8-16/h5-8,14,17H,2-4,9-13H2,1H3/p+1/t14-,17+/m1/s1. The summed E-state index contributed by atoms with van der Waals surface area (Å²) in [6.07, 6.45) is 5.77. The third-order valence-corrected chi connectivity index (χ3v) is 5.36. The molecule has 0 spiro atoms. The van der Waals surface area contributed by atoms with Gasteiger partial charge in [0.15, 0.2) is 0 Å². The maximum Gasteiger partial charge on any atom is 0.0951 e. The summed E-state index contributed by atoms with van der Waals surface area (Å²) in [5.41, 5.74) is 1.32. The second-order valence-electron chi connectivity index (χ2n) is 6.59. The van der Waals surface area contributed by atoms with E-state index < -0.39 is 0 Å². The third kappa shape index (κ3) is 3.29. The molecule has 110 valence electrons. The van der Waals surface area contributed by atoms with Gasteiger partial charge in [0.1, 0.15) is 0 Å². The maximum absolute atomic E-state index is 5.97. The molecule has 2 nitrogen and oxygen atoms in total. The molecule has 0 amide bonds. The van der Waals surface area contributed by atoms with Gasteiger partial charge in [-0.3, -0.25) is 0 Å². The van der Waals surface area contributed by atoms with Crippen molar-refractivity contribution in [2.24, 2.45) is 5.92 Å². The summed E-state index contributed by atoms with van der Waals surface area (Å²) in [5, 5.41) is 0.828. The van der Waals surface area contributed by atoms with Crippen LogP contribution in [0.1, 0.15) is 32.6 Å². The SMILES string of the molecule is C[C@@H]1CCC[C@H]([NH+]2CCN(c3ccc(Cl)cc3)CC2)C1. The summed E-state index contributed by atoms with van der Waals surface area (Å²) in [5.74, 6) is 0.940. The van der Waals surface area contributed by atoms with E-state index in [9.17, 15) is 0 Å². The minimum Gasteiger partial charge on any atom is -0.360 e. The van der Waals surface area contributed by atoms with Crippen LogP contribution in [0.3, 0.4) is 0 Å². The number of nitrogens with one attached hydrogen (secondary N) is 1. The fraction of sp³-hybridized carbons (Fsp3) is 0.647. The fourth-order valence-corrected chi connectivity index (χ4v) is 4.04. The lowest BCUT2D eigenvalue weighted by atomic mass is 9.86. The van der Waals surface area contributed by atoms with Crippen LogP contribution in [-0.4, -0.2) is 32.2 Å². The normalized spacial score (nSPS) is 28.6. The van der Waals surface area contributed by atoms with Gasteiger partial charge in [0, 0.05) is 17.1 Å². The molecule has 1 heterocycles. The third-order valence-electron chi connectivity index (χ3n) is 5.11. The highest BCUT2D eigenvalue weighted by Gasteiger charge is 2.30. The highest BCUT2D eigenvalue weighted by atomic mass is 35.5. The minimum absolute atomic E-state index is 0.828. The van der Waals surface area contributed by atoms with Crippen molar-refractivity contribution in [2.45, 2.75) is 38.6 Å². The summed E-state index contributed by atoms with van der Waals surface area (Å²) in [7, 11) is 0. The number of hydrogen-bond acceptors (Lipinski definition) is 1. The highest BCUT2D eigenvalue weighted by Crippen LogP contribution is 2.22. The van der Waals surface area contributed by atoms with Gasteiger partial charge in [-0.05, 0) is 43.0 Å². The zero-order valence-corrected chi connectivity index (χ0v) is 13.2. The van der Waals surface area contributed by atoms with E-state index in [2.05, 4.69) is 24.0 Å². The van der Waals surface area contributed by atoms with Crippen LogP contribution in [0.2, 0.25) is 5.02 Å². The number of piperazine rings is 1. The van der Waals surface area contributed by atoms with Gasteiger partial charge < -0.3 is 9.80 Å². The Kier molecular flexibility index (Phi) is 4.52. The van der Waals surface area contributed by atoms with Crippen molar-refractivity contribution < 1.29 is 4.90 Å². The summed E-state index contributed by atoms with van der Waals surface area (Å²) >= 11 is 5.97. The Morgan fingerprint density at radius 1 is 1.10 bits per heavy atom. The molecular weight excluding hydrogens is 268 g/mol. The quantitative estimate of drug-likeness (QED) is 0.881. The van der Waals surface area contributed by atoms with Gasteiger partial charge in [0.2, 0.25) is 0 Å². The van der Waals surface area contributed by atoms with E-state index in [0.29, 0.717) is 0 Å². The zero-order chi connectivity index (χ0) is 13.9. The van der Waals surface area contributed by atoms with Gasteiger partial charge in [0.05, 0.1) is 32.2 Å².